The molecule has 0 bridgehead atoms. The lowest BCUT2D eigenvalue weighted by Crippen LogP contribution is -2.31. The molecule has 3 N–H and O–H groups in total. The van der Waals surface area contributed by atoms with Crippen LogP contribution in [-0.4, -0.2) is 23.7 Å². The van der Waals surface area contributed by atoms with E-state index in [1.165, 1.54) is 0 Å². The first-order valence-corrected chi connectivity index (χ1v) is 5.76. The van der Waals surface area contributed by atoms with Gasteiger partial charge in [-0.3, -0.25) is 0 Å². The maximum atomic E-state index is 13.8. The Morgan fingerprint density at radius 1 is 1.50 bits per heavy atom. The number of esters is 1. The third-order valence-corrected chi connectivity index (χ3v) is 2.79. The summed E-state index contributed by atoms with van der Waals surface area (Å²) in [5, 5.41) is 1.01. The molecule has 0 amide bonds. The fourth-order valence-corrected chi connectivity index (χ4v) is 1.81. The largest absolute Gasteiger partial charge is 0.464 e. The highest BCUT2D eigenvalue weighted by Crippen LogP contribution is 2.22. The molecule has 2 atom stereocenters. The van der Waals surface area contributed by atoms with Gasteiger partial charge in [0.15, 0.2) is 0 Å². The van der Waals surface area contributed by atoms with Crippen LogP contribution < -0.4 is 5.73 Å². The Morgan fingerprint density at radius 2 is 2.28 bits per heavy atom. The smallest absolute Gasteiger partial charge is 0.342 e. The van der Waals surface area contributed by atoms with Crippen LogP contribution in [0.25, 0.3) is 10.9 Å². The van der Waals surface area contributed by atoms with Crippen molar-refractivity contribution in [2.45, 2.75) is 19.1 Å². The number of nitrogens with two attached hydrogens (primary N) is 1. The van der Waals surface area contributed by atoms with Crippen LogP contribution in [0.4, 0.5) is 4.39 Å². The molecule has 1 aromatic heterocycles. The molecular weight excluding hydrogens is 235 g/mol. The monoisotopic (exact) mass is 250 g/mol. The Morgan fingerprint density at radius 3 is 3.00 bits per heavy atom. The van der Waals surface area contributed by atoms with Crippen LogP contribution in [0.5, 0.6) is 0 Å². The van der Waals surface area contributed by atoms with E-state index in [2.05, 4.69) is 9.72 Å². The third kappa shape index (κ3) is 2.36. The summed E-state index contributed by atoms with van der Waals surface area (Å²) in [6.45, 7) is 1.77. The molecule has 1 heterocycles. The maximum absolute atomic E-state index is 13.8. The van der Waals surface area contributed by atoms with Crippen LogP contribution in [0, 0.1) is 0 Å². The van der Waals surface area contributed by atoms with Gasteiger partial charge in [-0.2, -0.15) is 0 Å². The topological polar surface area (TPSA) is 68.1 Å². The quantitative estimate of drug-likeness (QED) is 0.816. The minimum Gasteiger partial charge on any atom is -0.464 e. The Labute approximate surface area is 104 Å². The fraction of sp³-hybridized carbons (Fsp3) is 0.308. The highest BCUT2D eigenvalue weighted by molar-refractivity contribution is 5.81. The average molecular weight is 250 g/mol. The average Bonchev–Trinajstić information content (AvgIpc) is 2.84. The number of halogens is 1. The van der Waals surface area contributed by atoms with Gasteiger partial charge in [0, 0.05) is 11.7 Å². The molecule has 0 fully saturated rings. The zero-order valence-electron chi connectivity index (χ0n) is 10.0. The predicted octanol–water partition coefficient (Wildman–Crippen LogP) is 2.07. The molecule has 0 radical (unpaired) electrons. The Bertz CT molecular complexity index is 553. The summed E-state index contributed by atoms with van der Waals surface area (Å²) in [6.07, 6.45) is -0.0597. The number of hydrogen-bond acceptors (Lipinski definition) is 3. The minimum absolute atomic E-state index is 0.141. The Balaban J connectivity index is 2.21. The van der Waals surface area contributed by atoms with E-state index in [0.29, 0.717) is 5.56 Å². The van der Waals surface area contributed by atoms with E-state index in [9.17, 15) is 9.18 Å². The summed E-state index contributed by atoms with van der Waals surface area (Å²) in [5.74, 6) is -0.920. The standard InChI is InChI=1S/C13H15FN2O2/c1-2-18-13(17)11(14)12(15)9-4-3-8-5-6-16-10(8)7-9/h3-7,11-12,16H,2,15H2,1H3/t11?,12-/m0/s1. The molecule has 0 saturated heterocycles. The van der Waals surface area contributed by atoms with E-state index in [4.69, 9.17) is 5.73 Å². The molecule has 0 spiro atoms. The van der Waals surface area contributed by atoms with E-state index in [0.717, 1.165) is 10.9 Å². The second kappa shape index (κ2) is 5.18. The number of ether oxygens (including phenoxy) is 1. The van der Waals surface area contributed by atoms with Crippen molar-refractivity contribution in [3.05, 3.63) is 36.0 Å². The van der Waals surface area contributed by atoms with Crippen molar-refractivity contribution in [2.24, 2.45) is 5.73 Å². The zero-order chi connectivity index (χ0) is 13.1. The van der Waals surface area contributed by atoms with E-state index in [1.54, 1.807) is 25.3 Å². The van der Waals surface area contributed by atoms with Crippen LogP contribution in [0.1, 0.15) is 18.5 Å². The van der Waals surface area contributed by atoms with Crippen molar-refractivity contribution in [2.75, 3.05) is 6.61 Å². The Hall–Kier alpha value is -1.88. The molecule has 0 saturated carbocycles. The van der Waals surface area contributed by atoms with Crippen molar-refractivity contribution in [1.29, 1.82) is 0 Å². The van der Waals surface area contributed by atoms with Gasteiger partial charge in [-0.25, -0.2) is 9.18 Å². The van der Waals surface area contributed by atoms with Crippen molar-refractivity contribution < 1.29 is 13.9 Å². The van der Waals surface area contributed by atoms with Gasteiger partial charge in [-0.05, 0) is 30.0 Å². The maximum Gasteiger partial charge on any atom is 0.342 e. The SMILES string of the molecule is CCOC(=O)C(F)[C@@H](N)c1ccc2cc[nH]c2c1. The van der Waals surface area contributed by atoms with Gasteiger partial charge < -0.3 is 15.5 Å². The van der Waals surface area contributed by atoms with Crippen LogP contribution in [0.2, 0.25) is 0 Å². The van der Waals surface area contributed by atoms with E-state index >= 15 is 0 Å². The van der Waals surface area contributed by atoms with E-state index < -0.39 is 18.2 Å². The number of aromatic nitrogens is 1. The zero-order valence-corrected chi connectivity index (χ0v) is 10.0. The lowest BCUT2D eigenvalue weighted by molar-refractivity contribution is -0.149. The molecule has 0 aliphatic heterocycles. The summed E-state index contributed by atoms with van der Waals surface area (Å²) in [7, 11) is 0. The summed E-state index contributed by atoms with van der Waals surface area (Å²) >= 11 is 0. The minimum atomic E-state index is -1.85. The van der Waals surface area contributed by atoms with Gasteiger partial charge in [-0.15, -0.1) is 0 Å². The Kier molecular flexibility index (Phi) is 3.62. The van der Waals surface area contributed by atoms with Crippen LogP contribution in [0.15, 0.2) is 30.5 Å². The number of hydrogen-bond donors (Lipinski definition) is 2. The molecular formula is C13H15FN2O2. The molecule has 18 heavy (non-hydrogen) atoms. The number of rotatable bonds is 4. The lowest BCUT2D eigenvalue weighted by Gasteiger charge is -2.15. The number of nitrogens with one attached hydrogen (secondary N) is 1. The third-order valence-electron chi connectivity index (χ3n) is 2.79. The predicted molar refractivity (Wildman–Crippen MR) is 66.8 cm³/mol. The van der Waals surface area contributed by atoms with Gasteiger partial charge in [0.25, 0.3) is 0 Å². The molecule has 0 aliphatic carbocycles. The highest BCUT2D eigenvalue weighted by Gasteiger charge is 2.27. The summed E-state index contributed by atoms with van der Waals surface area (Å²) in [5.41, 5.74) is 7.16. The molecule has 2 aromatic rings. The summed E-state index contributed by atoms with van der Waals surface area (Å²) in [6, 6.07) is 6.18. The second-order valence-electron chi connectivity index (χ2n) is 4.00. The first-order valence-electron chi connectivity index (χ1n) is 5.76. The summed E-state index contributed by atoms with van der Waals surface area (Å²) < 4.78 is 18.4. The molecule has 0 aliphatic rings. The molecule has 96 valence electrons. The lowest BCUT2D eigenvalue weighted by atomic mass is 10.0. The van der Waals surface area contributed by atoms with E-state index in [-0.39, 0.29) is 6.61 Å². The van der Waals surface area contributed by atoms with E-state index in [1.807, 2.05) is 12.1 Å². The molecule has 5 heteroatoms. The van der Waals surface area contributed by atoms with Crippen molar-refractivity contribution in [1.82, 2.24) is 4.98 Å². The van der Waals surface area contributed by atoms with Crippen LogP contribution in [0.3, 0.4) is 0 Å². The van der Waals surface area contributed by atoms with Crippen LogP contribution >= 0.6 is 0 Å². The number of aromatic amines is 1. The van der Waals surface area contributed by atoms with Gasteiger partial charge >= 0.3 is 5.97 Å². The van der Waals surface area contributed by atoms with Gasteiger partial charge in [-0.1, -0.05) is 12.1 Å². The molecule has 1 unspecified atom stereocenters. The highest BCUT2D eigenvalue weighted by atomic mass is 19.1. The van der Waals surface area contributed by atoms with Crippen molar-refractivity contribution in [3.63, 3.8) is 0 Å². The molecule has 1 aromatic carbocycles. The molecule has 4 nitrogen and oxygen atoms in total. The van der Waals surface area contributed by atoms with Crippen LogP contribution in [-0.2, 0) is 9.53 Å². The van der Waals surface area contributed by atoms with Gasteiger partial charge in [0.05, 0.1) is 12.6 Å². The number of carbonyl (C=O) groups is 1. The number of carbonyl (C=O) groups excluding carboxylic acids is 1. The summed E-state index contributed by atoms with van der Waals surface area (Å²) in [4.78, 5) is 14.3. The van der Waals surface area contributed by atoms with Gasteiger partial charge in [0.1, 0.15) is 0 Å². The number of fused-ring (bicyclic) bond motifs is 1. The first kappa shape index (κ1) is 12.6. The van der Waals surface area contributed by atoms with Crippen molar-refractivity contribution in [3.8, 4) is 0 Å². The number of alkyl halides is 1. The van der Waals surface area contributed by atoms with Crippen molar-refractivity contribution >= 4 is 16.9 Å². The second-order valence-corrected chi connectivity index (χ2v) is 4.00. The number of benzene rings is 1. The van der Waals surface area contributed by atoms with Gasteiger partial charge in [0.2, 0.25) is 6.17 Å². The normalized spacial score (nSPS) is 14.4. The molecule has 2 rings (SSSR count). The number of H-pyrrole nitrogens is 1. The first-order chi connectivity index (χ1) is 8.63. The fourth-order valence-electron chi connectivity index (χ4n) is 1.81.